The van der Waals surface area contributed by atoms with Crippen molar-refractivity contribution >= 4 is 0 Å². The summed E-state index contributed by atoms with van der Waals surface area (Å²) < 4.78 is 13.4. The summed E-state index contributed by atoms with van der Waals surface area (Å²) in [6.45, 7) is 7.94. The molecule has 84 valence electrons. The molecule has 1 aromatic carbocycles. The zero-order chi connectivity index (χ0) is 11.6. The molecule has 1 aromatic rings. The molecular formula is C13H19FO. The van der Waals surface area contributed by atoms with Crippen molar-refractivity contribution in [1.29, 1.82) is 0 Å². The Morgan fingerprint density at radius 1 is 1.20 bits per heavy atom. The third kappa shape index (κ3) is 2.49. The van der Waals surface area contributed by atoms with E-state index >= 15 is 0 Å². The van der Waals surface area contributed by atoms with Gasteiger partial charge in [-0.3, -0.25) is 0 Å². The van der Waals surface area contributed by atoms with E-state index < -0.39 is 0 Å². The maximum Gasteiger partial charge on any atom is 0.124 e. The minimum Gasteiger partial charge on any atom is -0.507 e. The first kappa shape index (κ1) is 12.0. The number of aromatic hydroxyl groups is 1. The number of hydrogen-bond donors (Lipinski definition) is 1. The molecule has 0 saturated carbocycles. The second-order valence-electron chi connectivity index (χ2n) is 4.40. The molecule has 2 heteroatoms. The predicted octanol–water partition coefficient (Wildman–Crippen LogP) is 4.17. The second-order valence-corrected chi connectivity index (χ2v) is 4.40. The van der Waals surface area contributed by atoms with Crippen LogP contribution in [0.4, 0.5) is 4.39 Å². The molecule has 1 atom stereocenters. The molecule has 0 bridgehead atoms. The van der Waals surface area contributed by atoms with Gasteiger partial charge in [-0.2, -0.15) is 0 Å². The SMILES string of the molecule is CCC(C)c1cc(F)cc(C(C)C)c1O. The highest BCUT2D eigenvalue weighted by Gasteiger charge is 2.16. The van der Waals surface area contributed by atoms with E-state index in [1.165, 1.54) is 12.1 Å². The van der Waals surface area contributed by atoms with Crippen molar-refractivity contribution in [3.8, 4) is 5.75 Å². The van der Waals surface area contributed by atoms with Gasteiger partial charge >= 0.3 is 0 Å². The Morgan fingerprint density at radius 2 is 1.73 bits per heavy atom. The van der Waals surface area contributed by atoms with E-state index in [4.69, 9.17) is 0 Å². The Kier molecular flexibility index (Phi) is 3.72. The van der Waals surface area contributed by atoms with Crippen LogP contribution in [0.1, 0.15) is 57.1 Å². The number of phenols is 1. The number of phenolic OH excluding ortho intramolecular Hbond substituents is 1. The Labute approximate surface area is 90.9 Å². The maximum absolute atomic E-state index is 13.4. The Bertz CT molecular complexity index is 345. The van der Waals surface area contributed by atoms with E-state index in [1.54, 1.807) is 0 Å². The van der Waals surface area contributed by atoms with Crippen molar-refractivity contribution < 1.29 is 9.50 Å². The quantitative estimate of drug-likeness (QED) is 0.793. The van der Waals surface area contributed by atoms with Gasteiger partial charge in [-0.15, -0.1) is 0 Å². The van der Waals surface area contributed by atoms with Gasteiger partial charge in [0.15, 0.2) is 0 Å². The molecule has 0 aliphatic carbocycles. The first-order valence-corrected chi connectivity index (χ1v) is 5.49. The van der Waals surface area contributed by atoms with Gasteiger partial charge in [-0.25, -0.2) is 4.39 Å². The van der Waals surface area contributed by atoms with Gasteiger partial charge in [0.1, 0.15) is 11.6 Å². The molecule has 1 nitrogen and oxygen atoms in total. The third-order valence-corrected chi connectivity index (χ3v) is 2.90. The second kappa shape index (κ2) is 4.65. The first-order valence-electron chi connectivity index (χ1n) is 5.49. The lowest BCUT2D eigenvalue weighted by Gasteiger charge is -2.16. The lowest BCUT2D eigenvalue weighted by molar-refractivity contribution is 0.448. The zero-order valence-electron chi connectivity index (χ0n) is 9.84. The smallest absolute Gasteiger partial charge is 0.124 e. The fourth-order valence-corrected chi connectivity index (χ4v) is 1.68. The Hall–Kier alpha value is -1.05. The van der Waals surface area contributed by atoms with Crippen LogP contribution in [0.25, 0.3) is 0 Å². The van der Waals surface area contributed by atoms with Crippen molar-refractivity contribution in [2.45, 2.75) is 46.0 Å². The van der Waals surface area contributed by atoms with E-state index in [0.717, 1.165) is 12.0 Å². The summed E-state index contributed by atoms with van der Waals surface area (Å²) in [6, 6.07) is 2.86. The molecule has 15 heavy (non-hydrogen) atoms. The van der Waals surface area contributed by atoms with Crippen LogP contribution >= 0.6 is 0 Å². The molecule has 1 rings (SSSR count). The summed E-state index contributed by atoms with van der Waals surface area (Å²) in [6.07, 6.45) is 0.897. The lowest BCUT2D eigenvalue weighted by Crippen LogP contribution is -1.98. The summed E-state index contributed by atoms with van der Waals surface area (Å²) in [4.78, 5) is 0. The van der Waals surface area contributed by atoms with E-state index in [0.29, 0.717) is 5.56 Å². The van der Waals surface area contributed by atoms with Crippen molar-refractivity contribution in [3.05, 3.63) is 29.1 Å². The summed E-state index contributed by atoms with van der Waals surface area (Å²) in [5, 5.41) is 10.0. The van der Waals surface area contributed by atoms with E-state index in [9.17, 15) is 9.50 Å². The predicted molar refractivity (Wildman–Crippen MR) is 60.9 cm³/mol. The standard InChI is InChI=1S/C13H19FO/c1-5-9(4)12-7-10(14)6-11(8(2)3)13(12)15/h6-9,15H,5H2,1-4H3. The van der Waals surface area contributed by atoms with Crippen molar-refractivity contribution in [2.24, 2.45) is 0 Å². The Balaban J connectivity index is 3.28. The molecule has 0 heterocycles. The summed E-state index contributed by atoms with van der Waals surface area (Å²) in [5.41, 5.74) is 1.42. The minimum absolute atomic E-state index is 0.142. The van der Waals surface area contributed by atoms with Gasteiger partial charge in [0.2, 0.25) is 0 Å². The van der Waals surface area contributed by atoms with Gasteiger partial charge in [0.25, 0.3) is 0 Å². The number of halogens is 1. The third-order valence-electron chi connectivity index (χ3n) is 2.90. The van der Waals surface area contributed by atoms with E-state index in [-0.39, 0.29) is 23.4 Å². The topological polar surface area (TPSA) is 20.2 Å². The van der Waals surface area contributed by atoms with Gasteiger partial charge in [0, 0.05) is 0 Å². The van der Waals surface area contributed by atoms with E-state index in [2.05, 4.69) is 0 Å². The highest BCUT2D eigenvalue weighted by atomic mass is 19.1. The fourth-order valence-electron chi connectivity index (χ4n) is 1.68. The highest BCUT2D eigenvalue weighted by Crippen LogP contribution is 2.35. The molecule has 0 spiro atoms. The molecule has 0 aliphatic rings. The van der Waals surface area contributed by atoms with E-state index in [1.807, 2.05) is 27.7 Å². The highest BCUT2D eigenvalue weighted by molar-refractivity contribution is 5.44. The number of rotatable bonds is 3. The first-order chi connectivity index (χ1) is 6.97. The molecule has 0 radical (unpaired) electrons. The fraction of sp³-hybridized carbons (Fsp3) is 0.538. The molecular weight excluding hydrogens is 191 g/mol. The zero-order valence-corrected chi connectivity index (χ0v) is 9.84. The van der Waals surface area contributed by atoms with Gasteiger partial charge in [-0.1, -0.05) is 27.7 Å². The monoisotopic (exact) mass is 210 g/mol. The molecule has 0 aliphatic heterocycles. The summed E-state index contributed by atoms with van der Waals surface area (Å²) in [7, 11) is 0. The lowest BCUT2D eigenvalue weighted by atomic mass is 9.92. The van der Waals surface area contributed by atoms with Gasteiger partial charge in [0.05, 0.1) is 0 Å². The molecule has 0 saturated heterocycles. The van der Waals surface area contributed by atoms with Crippen LogP contribution in [-0.2, 0) is 0 Å². The molecule has 0 aromatic heterocycles. The summed E-state index contributed by atoms with van der Waals surface area (Å²) >= 11 is 0. The van der Waals surface area contributed by atoms with Gasteiger partial charge in [-0.05, 0) is 41.5 Å². The largest absolute Gasteiger partial charge is 0.507 e. The van der Waals surface area contributed by atoms with Crippen LogP contribution in [0.15, 0.2) is 12.1 Å². The number of benzene rings is 1. The molecule has 1 N–H and O–H groups in total. The average Bonchev–Trinajstić information content (AvgIpc) is 2.19. The average molecular weight is 210 g/mol. The number of hydrogen-bond acceptors (Lipinski definition) is 1. The molecule has 0 amide bonds. The van der Waals surface area contributed by atoms with Crippen LogP contribution in [0.2, 0.25) is 0 Å². The molecule has 0 fully saturated rings. The normalized spacial score (nSPS) is 13.2. The Morgan fingerprint density at radius 3 is 2.20 bits per heavy atom. The van der Waals surface area contributed by atoms with Crippen molar-refractivity contribution in [2.75, 3.05) is 0 Å². The van der Waals surface area contributed by atoms with Gasteiger partial charge < -0.3 is 5.11 Å². The van der Waals surface area contributed by atoms with Crippen molar-refractivity contribution in [3.63, 3.8) is 0 Å². The van der Waals surface area contributed by atoms with Crippen LogP contribution in [0, 0.1) is 5.82 Å². The minimum atomic E-state index is -0.258. The molecule has 1 unspecified atom stereocenters. The van der Waals surface area contributed by atoms with Crippen LogP contribution in [0.5, 0.6) is 5.75 Å². The summed E-state index contributed by atoms with van der Waals surface area (Å²) in [5.74, 6) is 0.342. The van der Waals surface area contributed by atoms with Crippen LogP contribution in [-0.4, -0.2) is 5.11 Å². The maximum atomic E-state index is 13.4. The van der Waals surface area contributed by atoms with Crippen molar-refractivity contribution in [1.82, 2.24) is 0 Å². The van der Waals surface area contributed by atoms with Crippen LogP contribution in [0.3, 0.4) is 0 Å². The van der Waals surface area contributed by atoms with Crippen LogP contribution < -0.4 is 0 Å².